The molecular formula is C11H16N4O3. The van der Waals surface area contributed by atoms with Crippen molar-refractivity contribution in [2.45, 2.75) is 13.0 Å². The third-order valence-corrected chi connectivity index (χ3v) is 2.78. The SMILES string of the molecule is Cc1cc([N+](=O)[O-])cnc1NCC1CNCCO1. The third-order valence-electron chi connectivity index (χ3n) is 2.78. The molecule has 0 saturated carbocycles. The molecule has 1 unspecified atom stereocenters. The monoisotopic (exact) mass is 252 g/mol. The van der Waals surface area contributed by atoms with Gasteiger partial charge in [-0.05, 0) is 12.5 Å². The van der Waals surface area contributed by atoms with Crippen LogP contribution in [0.25, 0.3) is 0 Å². The third kappa shape index (κ3) is 3.14. The molecule has 0 amide bonds. The summed E-state index contributed by atoms with van der Waals surface area (Å²) in [7, 11) is 0. The number of rotatable bonds is 4. The van der Waals surface area contributed by atoms with E-state index in [1.54, 1.807) is 6.92 Å². The highest BCUT2D eigenvalue weighted by Crippen LogP contribution is 2.17. The molecule has 2 N–H and O–H groups in total. The zero-order chi connectivity index (χ0) is 13.0. The molecule has 1 aliphatic heterocycles. The lowest BCUT2D eigenvalue weighted by atomic mass is 10.2. The van der Waals surface area contributed by atoms with Crippen molar-refractivity contribution in [2.24, 2.45) is 0 Å². The molecular weight excluding hydrogens is 236 g/mol. The number of nitrogens with zero attached hydrogens (tertiary/aromatic N) is 2. The summed E-state index contributed by atoms with van der Waals surface area (Å²) in [6, 6.07) is 1.51. The summed E-state index contributed by atoms with van der Waals surface area (Å²) in [6.07, 6.45) is 1.37. The molecule has 1 aliphatic rings. The first-order valence-electron chi connectivity index (χ1n) is 5.84. The summed E-state index contributed by atoms with van der Waals surface area (Å²) in [6.45, 7) is 4.82. The van der Waals surface area contributed by atoms with Gasteiger partial charge in [0.05, 0.1) is 17.6 Å². The van der Waals surface area contributed by atoms with Crippen LogP contribution in [-0.2, 0) is 4.74 Å². The van der Waals surface area contributed by atoms with Crippen LogP contribution >= 0.6 is 0 Å². The molecule has 98 valence electrons. The number of anilines is 1. The molecule has 0 bridgehead atoms. The van der Waals surface area contributed by atoms with E-state index in [-0.39, 0.29) is 11.8 Å². The van der Waals surface area contributed by atoms with E-state index in [2.05, 4.69) is 15.6 Å². The molecule has 1 saturated heterocycles. The molecule has 0 aliphatic carbocycles. The Morgan fingerprint density at radius 3 is 3.17 bits per heavy atom. The summed E-state index contributed by atoms with van der Waals surface area (Å²) in [5.74, 6) is 0.662. The number of hydrogen-bond donors (Lipinski definition) is 2. The number of aryl methyl sites for hydroxylation is 1. The van der Waals surface area contributed by atoms with Crippen molar-refractivity contribution in [1.29, 1.82) is 0 Å². The molecule has 7 nitrogen and oxygen atoms in total. The quantitative estimate of drug-likeness (QED) is 0.605. The molecule has 0 radical (unpaired) electrons. The van der Waals surface area contributed by atoms with Crippen LogP contribution < -0.4 is 10.6 Å². The lowest BCUT2D eigenvalue weighted by molar-refractivity contribution is -0.385. The van der Waals surface area contributed by atoms with Gasteiger partial charge in [0, 0.05) is 25.7 Å². The van der Waals surface area contributed by atoms with E-state index < -0.39 is 4.92 Å². The van der Waals surface area contributed by atoms with Gasteiger partial charge in [0.15, 0.2) is 0 Å². The van der Waals surface area contributed by atoms with Crippen molar-refractivity contribution in [3.05, 3.63) is 27.9 Å². The fraction of sp³-hybridized carbons (Fsp3) is 0.545. The Kier molecular flexibility index (Phi) is 4.06. The maximum Gasteiger partial charge on any atom is 0.287 e. The van der Waals surface area contributed by atoms with Crippen LogP contribution in [0, 0.1) is 17.0 Å². The van der Waals surface area contributed by atoms with Crippen molar-refractivity contribution in [1.82, 2.24) is 10.3 Å². The van der Waals surface area contributed by atoms with Crippen LogP contribution in [0.15, 0.2) is 12.3 Å². The second kappa shape index (κ2) is 5.74. The highest BCUT2D eigenvalue weighted by Gasteiger charge is 2.14. The molecule has 0 spiro atoms. The standard InChI is InChI=1S/C11H16N4O3/c1-8-4-9(15(16)17)5-13-11(8)14-7-10-6-12-2-3-18-10/h4-5,10,12H,2-3,6-7H2,1H3,(H,13,14). The number of hydrogen-bond acceptors (Lipinski definition) is 6. The minimum atomic E-state index is -0.446. The second-order valence-corrected chi connectivity index (χ2v) is 4.19. The van der Waals surface area contributed by atoms with Crippen LogP contribution in [-0.4, -0.2) is 42.3 Å². The van der Waals surface area contributed by atoms with Crippen LogP contribution in [0.1, 0.15) is 5.56 Å². The van der Waals surface area contributed by atoms with E-state index in [4.69, 9.17) is 4.74 Å². The zero-order valence-corrected chi connectivity index (χ0v) is 10.2. The van der Waals surface area contributed by atoms with Gasteiger partial charge in [-0.25, -0.2) is 4.98 Å². The van der Waals surface area contributed by atoms with E-state index in [1.165, 1.54) is 12.3 Å². The fourth-order valence-electron chi connectivity index (χ4n) is 1.81. The molecule has 18 heavy (non-hydrogen) atoms. The normalized spacial score (nSPS) is 19.5. The summed E-state index contributed by atoms with van der Waals surface area (Å²) in [5, 5.41) is 17.0. The summed E-state index contributed by atoms with van der Waals surface area (Å²) < 4.78 is 5.54. The first-order valence-corrected chi connectivity index (χ1v) is 5.84. The highest BCUT2D eigenvalue weighted by atomic mass is 16.6. The molecule has 2 heterocycles. The number of aromatic nitrogens is 1. The number of ether oxygens (including phenoxy) is 1. The van der Waals surface area contributed by atoms with Crippen LogP contribution in [0.2, 0.25) is 0 Å². The number of morpholine rings is 1. The van der Waals surface area contributed by atoms with Gasteiger partial charge in [0.1, 0.15) is 12.0 Å². The Balaban J connectivity index is 1.94. The number of pyridine rings is 1. The number of nitro groups is 1. The van der Waals surface area contributed by atoms with Gasteiger partial charge >= 0.3 is 0 Å². The Morgan fingerprint density at radius 2 is 2.56 bits per heavy atom. The smallest absolute Gasteiger partial charge is 0.287 e. The maximum atomic E-state index is 10.6. The lowest BCUT2D eigenvalue weighted by Gasteiger charge is -2.24. The Hall–Kier alpha value is -1.73. The predicted octanol–water partition coefficient (Wildman–Crippen LogP) is 0.699. The van der Waals surface area contributed by atoms with Gasteiger partial charge in [-0.2, -0.15) is 0 Å². The molecule has 1 atom stereocenters. The Bertz CT molecular complexity index is 432. The van der Waals surface area contributed by atoms with Gasteiger partial charge in [-0.1, -0.05) is 0 Å². The topological polar surface area (TPSA) is 89.3 Å². The van der Waals surface area contributed by atoms with Crippen LogP contribution in [0.4, 0.5) is 11.5 Å². The summed E-state index contributed by atoms with van der Waals surface area (Å²) in [4.78, 5) is 14.2. The molecule has 2 rings (SSSR count). The zero-order valence-electron chi connectivity index (χ0n) is 10.2. The van der Waals surface area contributed by atoms with Crippen molar-refractivity contribution in [3.63, 3.8) is 0 Å². The van der Waals surface area contributed by atoms with Crippen molar-refractivity contribution in [3.8, 4) is 0 Å². The van der Waals surface area contributed by atoms with Crippen molar-refractivity contribution < 1.29 is 9.66 Å². The molecule has 0 aromatic carbocycles. The lowest BCUT2D eigenvalue weighted by Crippen LogP contribution is -2.42. The van der Waals surface area contributed by atoms with Crippen LogP contribution in [0.3, 0.4) is 0 Å². The van der Waals surface area contributed by atoms with E-state index in [0.29, 0.717) is 19.0 Å². The predicted molar refractivity (Wildman–Crippen MR) is 66.7 cm³/mol. The van der Waals surface area contributed by atoms with Gasteiger partial charge < -0.3 is 15.4 Å². The first-order chi connectivity index (χ1) is 8.66. The fourth-order valence-corrected chi connectivity index (χ4v) is 1.81. The Morgan fingerprint density at radius 1 is 1.72 bits per heavy atom. The first kappa shape index (κ1) is 12.7. The second-order valence-electron chi connectivity index (χ2n) is 4.19. The molecule has 1 fully saturated rings. The van der Waals surface area contributed by atoms with Gasteiger partial charge in [0.25, 0.3) is 5.69 Å². The highest BCUT2D eigenvalue weighted by molar-refractivity contribution is 5.48. The average Bonchev–Trinajstić information content (AvgIpc) is 2.38. The molecule has 1 aromatic rings. The van der Waals surface area contributed by atoms with Gasteiger partial charge in [-0.3, -0.25) is 10.1 Å². The minimum absolute atomic E-state index is 0.00799. The maximum absolute atomic E-state index is 10.6. The summed E-state index contributed by atoms with van der Waals surface area (Å²) >= 11 is 0. The summed E-state index contributed by atoms with van der Waals surface area (Å²) in [5.41, 5.74) is 0.765. The van der Waals surface area contributed by atoms with Crippen LogP contribution in [0.5, 0.6) is 0 Å². The van der Waals surface area contributed by atoms with E-state index >= 15 is 0 Å². The van der Waals surface area contributed by atoms with Crippen molar-refractivity contribution >= 4 is 11.5 Å². The van der Waals surface area contributed by atoms with E-state index in [0.717, 1.165) is 18.7 Å². The molecule has 1 aromatic heterocycles. The molecule has 7 heteroatoms. The van der Waals surface area contributed by atoms with E-state index in [1.807, 2.05) is 0 Å². The van der Waals surface area contributed by atoms with Crippen molar-refractivity contribution in [2.75, 3.05) is 31.6 Å². The van der Waals surface area contributed by atoms with E-state index in [9.17, 15) is 10.1 Å². The van der Waals surface area contributed by atoms with Gasteiger partial charge in [-0.15, -0.1) is 0 Å². The minimum Gasteiger partial charge on any atom is -0.374 e. The largest absolute Gasteiger partial charge is 0.374 e. The van der Waals surface area contributed by atoms with Gasteiger partial charge in [0.2, 0.25) is 0 Å². The number of nitrogens with one attached hydrogen (secondary N) is 2. The average molecular weight is 252 g/mol. The Labute approximate surface area is 105 Å².